The zero-order valence-electron chi connectivity index (χ0n) is 11.3. The van der Waals surface area contributed by atoms with Crippen molar-refractivity contribution in [2.75, 3.05) is 19.7 Å². The molecule has 1 fully saturated rings. The number of rotatable bonds is 3. The number of nitrogens with one attached hydrogen (secondary N) is 2. The third-order valence-electron chi connectivity index (χ3n) is 3.29. The molecular weight excluding hydrogens is 258 g/mol. The van der Waals surface area contributed by atoms with Crippen LogP contribution in [0.4, 0.5) is 0 Å². The number of imidazole rings is 1. The largest absolute Gasteiger partial charge is 0.368 e. The van der Waals surface area contributed by atoms with Crippen LogP contribution in [0.5, 0.6) is 0 Å². The maximum absolute atomic E-state index is 11.5. The zero-order chi connectivity index (χ0) is 13.9. The summed E-state index contributed by atoms with van der Waals surface area (Å²) in [4.78, 5) is 28.0. The van der Waals surface area contributed by atoms with E-state index in [0.29, 0.717) is 24.7 Å². The Labute approximate surface area is 116 Å². The van der Waals surface area contributed by atoms with Gasteiger partial charge in [-0.15, -0.1) is 0 Å². The van der Waals surface area contributed by atoms with Crippen LogP contribution >= 0.6 is 0 Å². The summed E-state index contributed by atoms with van der Waals surface area (Å²) in [5, 5.41) is 0. The van der Waals surface area contributed by atoms with Gasteiger partial charge in [0.2, 0.25) is 0 Å². The van der Waals surface area contributed by atoms with Crippen LogP contribution in [-0.2, 0) is 11.3 Å². The Morgan fingerprint density at radius 3 is 3.20 bits per heavy atom. The first kappa shape index (κ1) is 13.0. The number of morpholine rings is 1. The topological polar surface area (TPSA) is 86.9 Å². The highest BCUT2D eigenvalue weighted by Gasteiger charge is 2.24. The van der Waals surface area contributed by atoms with Gasteiger partial charge in [-0.1, -0.05) is 0 Å². The number of nitrogens with zero attached hydrogens (tertiary/aromatic N) is 3. The SMILES string of the molecule is Cc1cc(=O)[nH]c([C@H]2CN(Cc3cnc[nH]3)CCO2)n1. The lowest BCUT2D eigenvalue weighted by Gasteiger charge is -2.31. The number of H-pyrrole nitrogens is 2. The molecule has 0 aliphatic carbocycles. The molecule has 1 atom stereocenters. The van der Waals surface area contributed by atoms with E-state index in [-0.39, 0.29) is 11.7 Å². The van der Waals surface area contributed by atoms with Crippen LogP contribution in [0, 0.1) is 6.92 Å². The predicted octanol–water partition coefficient (Wildman–Crippen LogP) is 0.375. The van der Waals surface area contributed by atoms with Crippen molar-refractivity contribution < 1.29 is 4.74 Å². The average Bonchev–Trinajstić information content (AvgIpc) is 2.91. The number of hydrogen-bond donors (Lipinski definition) is 2. The molecule has 106 valence electrons. The van der Waals surface area contributed by atoms with E-state index in [1.54, 1.807) is 6.33 Å². The quantitative estimate of drug-likeness (QED) is 0.845. The molecule has 1 saturated heterocycles. The van der Waals surface area contributed by atoms with E-state index in [4.69, 9.17) is 4.74 Å². The Morgan fingerprint density at radius 1 is 1.55 bits per heavy atom. The normalized spacial score (nSPS) is 20.1. The van der Waals surface area contributed by atoms with E-state index < -0.39 is 0 Å². The predicted molar refractivity (Wildman–Crippen MR) is 72.2 cm³/mol. The zero-order valence-corrected chi connectivity index (χ0v) is 11.3. The van der Waals surface area contributed by atoms with Gasteiger partial charge in [-0.3, -0.25) is 9.69 Å². The summed E-state index contributed by atoms with van der Waals surface area (Å²) in [5.74, 6) is 0.601. The summed E-state index contributed by atoms with van der Waals surface area (Å²) >= 11 is 0. The van der Waals surface area contributed by atoms with Crippen LogP contribution in [0.1, 0.15) is 23.3 Å². The van der Waals surface area contributed by atoms with Crippen LogP contribution < -0.4 is 5.56 Å². The van der Waals surface area contributed by atoms with Gasteiger partial charge in [-0.2, -0.15) is 0 Å². The molecule has 0 amide bonds. The Kier molecular flexibility index (Phi) is 3.62. The van der Waals surface area contributed by atoms with Crippen molar-refractivity contribution in [1.82, 2.24) is 24.8 Å². The summed E-state index contributed by atoms with van der Waals surface area (Å²) in [6, 6.07) is 1.48. The van der Waals surface area contributed by atoms with Crippen LogP contribution in [0.2, 0.25) is 0 Å². The van der Waals surface area contributed by atoms with Crippen LogP contribution in [-0.4, -0.2) is 44.5 Å². The Bertz CT molecular complexity index is 622. The second kappa shape index (κ2) is 5.56. The van der Waals surface area contributed by atoms with E-state index in [0.717, 1.165) is 18.8 Å². The maximum Gasteiger partial charge on any atom is 0.251 e. The first-order chi connectivity index (χ1) is 9.70. The fraction of sp³-hybridized carbons (Fsp3) is 0.462. The average molecular weight is 275 g/mol. The minimum Gasteiger partial charge on any atom is -0.368 e. The number of aromatic amines is 2. The fourth-order valence-electron chi connectivity index (χ4n) is 2.38. The molecule has 1 aliphatic rings. The van der Waals surface area contributed by atoms with Crippen LogP contribution in [0.25, 0.3) is 0 Å². The van der Waals surface area contributed by atoms with Crippen molar-refractivity contribution >= 4 is 0 Å². The number of ether oxygens (including phenoxy) is 1. The van der Waals surface area contributed by atoms with Crippen molar-refractivity contribution in [2.45, 2.75) is 19.6 Å². The molecule has 0 radical (unpaired) electrons. The number of hydrogen-bond acceptors (Lipinski definition) is 5. The van der Waals surface area contributed by atoms with Gasteiger partial charge in [0.15, 0.2) is 0 Å². The van der Waals surface area contributed by atoms with E-state index in [9.17, 15) is 4.79 Å². The second-order valence-electron chi connectivity index (χ2n) is 4.94. The monoisotopic (exact) mass is 275 g/mol. The summed E-state index contributed by atoms with van der Waals surface area (Å²) in [6.45, 7) is 4.77. The van der Waals surface area contributed by atoms with Gasteiger partial charge < -0.3 is 14.7 Å². The summed E-state index contributed by atoms with van der Waals surface area (Å²) in [6.07, 6.45) is 3.30. The van der Waals surface area contributed by atoms with Crippen molar-refractivity contribution in [1.29, 1.82) is 0 Å². The molecule has 0 spiro atoms. The van der Waals surface area contributed by atoms with Crippen LogP contribution in [0.15, 0.2) is 23.4 Å². The van der Waals surface area contributed by atoms with Crippen molar-refractivity contribution in [3.05, 3.63) is 46.2 Å². The highest BCUT2D eigenvalue weighted by molar-refractivity contribution is 5.04. The minimum absolute atomic E-state index is 0.137. The number of aromatic nitrogens is 4. The molecule has 0 bridgehead atoms. The van der Waals surface area contributed by atoms with Crippen molar-refractivity contribution in [3.8, 4) is 0 Å². The van der Waals surface area contributed by atoms with E-state index in [1.807, 2.05) is 13.1 Å². The molecule has 7 nitrogen and oxygen atoms in total. The fourth-order valence-corrected chi connectivity index (χ4v) is 2.38. The van der Waals surface area contributed by atoms with Gasteiger partial charge in [0.05, 0.1) is 12.9 Å². The van der Waals surface area contributed by atoms with Gasteiger partial charge in [0.25, 0.3) is 5.56 Å². The molecule has 0 aromatic carbocycles. The van der Waals surface area contributed by atoms with Crippen molar-refractivity contribution in [2.24, 2.45) is 0 Å². The minimum atomic E-state index is -0.195. The summed E-state index contributed by atoms with van der Waals surface area (Å²) in [5.41, 5.74) is 1.64. The Morgan fingerprint density at radius 2 is 2.45 bits per heavy atom. The summed E-state index contributed by atoms with van der Waals surface area (Å²) in [7, 11) is 0. The number of aryl methyl sites for hydroxylation is 1. The molecule has 3 heterocycles. The molecule has 2 aromatic rings. The molecule has 3 rings (SSSR count). The molecule has 1 aliphatic heterocycles. The smallest absolute Gasteiger partial charge is 0.251 e. The lowest BCUT2D eigenvalue weighted by molar-refractivity contribution is -0.0377. The highest BCUT2D eigenvalue weighted by Crippen LogP contribution is 2.19. The Hall–Kier alpha value is -1.99. The van der Waals surface area contributed by atoms with E-state index >= 15 is 0 Å². The van der Waals surface area contributed by atoms with E-state index in [2.05, 4.69) is 24.8 Å². The first-order valence-corrected chi connectivity index (χ1v) is 6.60. The molecule has 0 saturated carbocycles. The third-order valence-corrected chi connectivity index (χ3v) is 3.29. The van der Waals surface area contributed by atoms with Crippen molar-refractivity contribution in [3.63, 3.8) is 0 Å². The second-order valence-corrected chi connectivity index (χ2v) is 4.94. The lowest BCUT2D eigenvalue weighted by Crippen LogP contribution is -2.39. The molecule has 2 N–H and O–H groups in total. The van der Waals surface area contributed by atoms with Gasteiger partial charge >= 0.3 is 0 Å². The highest BCUT2D eigenvalue weighted by atomic mass is 16.5. The van der Waals surface area contributed by atoms with Gasteiger partial charge in [-0.05, 0) is 6.92 Å². The standard InChI is InChI=1S/C13H17N5O2/c1-9-4-12(19)17-13(16-9)11-7-18(2-3-20-11)6-10-5-14-8-15-10/h4-5,8,11H,2-3,6-7H2,1H3,(H,14,15)(H,16,17,19)/t11-/m1/s1. The molecule has 7 heteroatoms. The van der Waals surface area contributed by atoms with Gasteiger partial charge in [0.1, 0.15) is 11.9 Å². The van der Waals surface area contributed by atoms with Crippen LogP contribution in [0.3, 0.4) is 0 Å². The van der Waals surface area contributed by atoms with Gasteiger partial charge in [-0.25, -0.2) is 9.97 Å². The lowest BCUT2D eigenvalue weighted by atomic mass is 10.2. The molecule has 2 aromatic heterocycles. The van der Waals surface area contributed by atoms with E-state index in [1.165, 1.54) is 6.07 Å². The maximum atomic E-state index is 11.5. The molecular formula is C13H17N5O2. The third kappa shape index (κ3) is 2.94. The van der Waals surface area contributed by atoms with Gasteiger partial charge in [0, 0.05) is 43.3 Å². The summed E-state index contributed by atoms with van der Waals surface area (Å²) < 4.78 is 5.72. The molecule has 0 unspecified atom stereocenters. The Balaban J connectivity index is 1.72. The first-order valence-electron chi connectivity index (χ1n) is 6.60. The molecule has 20 heavy (non-hydrogen) atoms.